The molecule has 0 aromatic carbocycles. The van der Waals surface area contributed by atoms with Crippen molar-refractivity contribution in [2.75, 3.05) is 0 Å². The summed E-state index contributed by atoms with van der Waals surface area (Å²) in [7, 11) is 0. The Kier molecular flexibility index (Phi) is 17.0. The fourth-order valence-corrected chi connectivity index (χ4v) is 3.26. The summed E-state index contributed by atoms with van der Waals surface area (Å²) in [6, 6.07) is 0. The van der Waals surface area contributed by atoms with Gasteiger partial charge in [0.25, 0.3) is 0 Å². The van der Waals surface area contributed by atoms with Gasteiger partial charge in [-0.1, -0.05) is 113 Å². The maximum absolute atomic E-state index is 3.85. The third-order valence-corrected chi connectivity index (χ3v) is 4.91. The van der Waals surface area contributed by atoms with E-state index in [1.165, 1.54) is 96.3 Å². The van der Waals surface area contributed by atoms with E-state index in [1.807, 2.05) is 0 Å². The molecule has 116 valence electrons. The van der Waals surface area contributed by atoms with Crippen molar-refractivity contribution in [2.45, 2.75) is 115 Å². The van der Waals surface area contributed by atoms with Crippen LogP contribution in [0.1, 0.15) is 110 Å². The third-order valence-electron chi connectivity index (χ3n) is 3.99. The molecule has 1 atom stereocenters. The molecular formula is C18H37Br. The molecule has 0 aromatic rings. The first-order valence-corrected chi connectivity index (χ1v) is 9.86. The fraction of sp³-hybridized carbons (Fsp3) is 1.00. The van der Waals surface area contributed by atoms with Gasteiger partial charge in [0.2, 0.25) is 0 Å². The molecule has 0 rings (SSSR count). The van der Waals surface area contributed by atoms with Crippen LogP contribution in [0.15, 0.2) is 0 Å². The van der Waals surface area contributed by atoms with Crippen molar-refractivity contribution in [3.8, 4) is 0 Å². The van der Waals surface area contributed by atoms with E-state index in [-0.39, 0.29) is 0 Å². The minimum absolute atomic E-state index is 0.786. The highest BCUT2D eigenvalue weighted by molar-refractivity contribution is 9.09. The van der Waals surface area contributed by atoms with Gasteiger partial charge in [0.1, 0.15) is 0 Å². The van der Waals surface area contributed by atoms with Gasteiger partial charge in [-0.15, -0.1) is 0 Å². The van der Waals surface area contributed by atoms with Gasteiger partial charge in [0, 0.05) is 4.83 Å². The first-order chi connectivity index (χ1) is 9.31. The lowest BCUT2D eigenvalue weighted by Crippen LogP contribution is -1.97. The van der Waals surface area contributed by atoms with E-state index in [9.17, 15) is 0 Å². The molecular weight excluding hydrogens is 296 g/mol. The van der Waals surface area contributed by atoms with Gasteiger partial charge in [-0.25, -0.2) is 0 Å². The lowest BCUT2D eigenvalue weighted by Gasteiger charge is -2.09. The van der Waals surface area contributed by atoms with Crippen LogP contribution in [0.4, 0.5) is 0 Å². The largest absolute Gasteiger partial charge is 0.0891 e. The molecule has 0 saturated heterocycles. The van der Waals surface area contributed by atoms with Crippen LogP contribution < -0.4 is 0 Å². The summed E-state index contributed by atoms with van der Waals surface area (Å²) in [6.45, 7) is 4.58. The van der Waals surface area contributed by atoms with Crippen molar-refractivity contribution in [2.24, 2.45) is 0 Å². The minimum Gasteiger partial charge on any atom is -0.0891 e. The Morgan fingerprint density at radius 1 is 0.526 bits per heavy atom. The van der Waals surface area contributed by atoms with Gasteiger partial charge in [-0.05, 0) is 12.8 Å². The number of rotatable bonds is 15. The average molecular weight is 333 g/mol. The number of halogens is 1. The lowest BCUT2D eigenvalue weighted by atomic mass is 10.0. The van der Waals surface area contributed by atoms with Crippen LogP contribution in [0.25, 0.3) is 0 Å². The Morgan fingerprint density at radius 3 is 1.21 bits per heavy atom. The predicted molar refractivity (Wildman–Crippen MR) is 93.3 cm³/mol. The first-order valence-electron chi connectivity index (χ1n) is 8.95. The maximum Gasteiger partial charge on any atom is 0.0145 e. The van der Waals surface area contributed by atoms with Crippen molar-refractivity contribution in [1.82, 2.24) is 0 Å². The molecule has 0 bridgehead atoms. The summed E-state index contributed by atoms with van der Waals surface area (Å²) in [4.78, 5) is 0.786. The Balaban J connectivity index is 3.09. The highest BCUT2D eigenvalue weighted by atomic mass is 79.9. The van der Waals surface area contributed by atoms with Gasteiger partial charge in [0.05, 0.1) is 0 Å². The zero-order chi connectivity index (χ0) is 14.2. The van der Waals surface area contributed by atoms with Crippen LogP contribution in [0.3, 0.4) is 0 Å². The van der Waals surface area contributed by atoms with E-state index in [4.69, 9.17) is 0 Å². The van der Waals surface area contributed by atoms with Crippen LogP contribution in [0.5, 0.6) is 0 Å². The van der Waals surface area contributed by atoms with E-state index >= 15 is 0 Å². The second-order valence-electron chi connectivity index (χ2n) is 6.06. The van der Waals surface area contributed by atoms with Crippen molar-refractivity contribution in [1.29, 1.82) is 0 Å². The minimum atomic E-state index is 0.786. The monoisotopic (exact) mass is 332 g/mol. The molecule has 0 aromatic heterocycles. The van der Waals surface area contributed by atoms with Gasteiger partial charge in [-0.2, -0.15) is 0 Å². The van der Waals surface area contributed by atoms with Crippen LogP contribution in [-0.2, 0) is 0 Å². The smallest absolute Gasteiger partial charge is 0.0145 e. The Hall–Kier alpha value is 0.480. The molecule has 0 spiro atoms. The number of unbranched alkanes of at least 4 members (excludes halogenated alkanes) is 11. The number of hydrogen-bond donors (Lipinski definition) is 0. The van der Waals surface area contributed by atoms with E-state index in [2.05, 4.69) is 29.8 Å². The molecule has 0 amide bonds. The molecule has 0 aliphatic rings. The standard InChI is InChI=1S/C18H37Br/c1-3-5-7-9-10-11-13-15-17-18(19)16-14-12-8-6-4-2/h18H,3-17H2,1-2H3. The van der Waals surface area contributed by atoms with Crippen LogP contribution in [-0.4, -0.2) is 4.83 Å². The SMILES string of the molecule is CCCCCCCCCCC(Br)CCCCCCC. The van der Waals surface area contributed by atoms with Crippen LogP contribution >= 0.6 is 15.9 Å². The van der Waals surface area contributed by atoms with Crippen molar-refractivity contribution < 1.29 is 0 Å². The highest BCUT2D eigenvalue weighted by Gasteiger charge is 2.03. The molecule has 0 heterocycles. The third kappa shape index (κ3) is 16.4. The highest BCUT2D eigenvalue weighted by Crippen LogP contribution is 2.19. The summed E-state index contributed by atoms with van der Waals surface area (Å²) in [6.07, 6.45) is 21.4. The predicted octanol–water partition coefficient (Wildman–Crippen LogP) is 7.64. The molecule has 1 unspecified atom stereocenters. The van der Waals surface area contributed by atoms with E-state index in [1.54, 1.807) is 0 Å². The van der Waals surface area contributed by atoms with E-state index in [0.717, 1.165) is 4.83 Å². The summed E-state index contributed by atoms with van der Waals surface area (Å²) in [5.74, 6) is 0. The van der Waals surface area contributed by atoms with E-state index < -0.39 is 0 Å². The molecule has 0 fully saturated rings. The Bertz CT molecular complexity index is 156. The zero-order valence-corrected chi connectivity index (χ0v) is 15.1. The molecule has 0 saturated carbocycles. The van der Waals surface area contributed by atoms with Crippen molar-refractivity contribution in [3.05, 3.63) is 0 Å². The second kappa shape index (κ2) is 16.5. The normalized spacial score (nSPS) is 12.8. The summed E-state index contributed by atoms with van der Waals surface area (Å²) >= 11 is 3.85. The Labute approximate surface area is 131 Å². The molecule has 0 nitrogen and oxygen atoms in total. The molecule has 0 aliphatic carbocycles. The van der Waals surface area contributed by atoms with Gasteiger partial charge < -0.3 is 0 Å². The lowest BCUT2D eigenvalue weighted by molar-refractivity contribution is 0.541. The van der Waals surface area contributed by atoms with Gasteiger partial charge >= 0.3 is 0 Å². The quantitative estimate of drug-likeness (QED) is 0.213. The second-order valence-corrected chi connectivity index (χ2v) is 7.36. The van der Waals surface area contributed by atoms with Crippen molar-refractivity contribution in [3.63, 3.8) is 0 Å². The molecule has 0 N–H and O–H groups in total. The van der Waals surface area contributed by atoms with E-state index in [0.29, 0.717) is 0 Å². The average Bonchev–Trinajstić information content (AvgIpc) is 2.41. The molecule has 0 radical (unpaired) electrons. The first kappa shape index (κ1) is 19.5. The number of alkyl halides is 1. The molecule has 19 heavy (non-hydrogen) atoms. The van der Waals surface area contributed by atoms with Crippen molar-refractivity contribution >= 4 is 15.9 Å². The van der Waals surface area contributed by atoms with Gasteiger partial charge in [-0.3, -0.25) is 0 Å². The topological polar surface area (TPSA) is 0 Å². The molecule has 1 heteroatoms. The van der Waals surface area contributed by atoms with Crippen LogP contribution in [0, 0.1) is 0 Å². The number of hydrogen-bond acceptors (Lipinski definition) is 0. The zero-order valence-electron chi connectivity index (χ0n) is 13.6. The summed E-state index contributed by atoms with van der Waals surface area (Å²) in [5, 5.41) is 0. The van der Waals surface area contributed by atoms with Crippen LogP contribution in [0.2, 0.25) is 0 Å². The maximum atomic E-state index is 3.85. The summed E-state index contributed by atoms with van der Waals surface area (Å²) in [5.41, 5.74) is 0. The van der Waals surface area contributed by atoms with Gasteiger partial charge in [0.15, 0.2) is 0 Å². The Morgan fingerprint density at radius 2 is 0.842 bits per heavy atom. The molecule has 0 aliphatic heterocycles. The summed E-state index contributed by atoms with van der Waals surface area (Å²) < 4.78 is 0. The fourth-order valence-electron chi connectivity index (χ4n) is 2.61.